The van der Waals surface area contributed by atoms with Crippen molar-refractivity contribution < 1.29 is 124 Å². The van der Waals surface area contributed by atoms with Crippen molar-refractivity contribution in [3.8, 4) is 0 Å². The smallest absolute Gasteiger partial charge is 0.428 e. The van der Waals surface area contributed by atoms with Crippen molar-refractivity contribution in [3.05, 3.63) is 24.3 Å². The molecule has 0 aliphatic heterocycles. The number of hydrogen-bond acceptors (Lipinski definition) is 12. The second-order valence-electron chi connectivity index (χ2n) is 22.8. The molecule has 0 saturated heterocycles. The van der Waals surface area contributed by atoms with Gasteiger partial charge >= 0.3 is 42.8 Å². The maximum Gasteiger partial charge on any atom is 0.428 e. The van der Waals surface area contributed by atoms with Gasteiger partial charge in [-0.05, 0) is 114 Å². The van der Waals surface area contributed by atoms with Gasteiger partial charge in [0.1, 0.15) is 11.7 Å². The van der Waals surface area contributed by atoms with Crippen molar-refractivity contribution in [2.75, 3.05) is 33.0 Å². The van der Waals surface area contributed by atoms with E-state index in [0.29, 0.717) is 6.92 Å². The van der Waals surface area contributed by atoms with Gasteiger partial charge in [0, 0.05) is 16.6 Å². The van der Waals surface area contributed by atoms with Crippen LogP contribution in [0.25, 0.3) is 0 Å². The number of aliphatic hydroxyl groups is 4. The van der Waals surface area contributed by atoms with Crippen molar-refractivity contribution in [2.45, 2.75) is 212 Å². The number of rotatable bonds is 25. The minimum absolute atomic E-state index is 0.0877. The molecule has 0 saturated carbocycles. The first-order chi connectivity index (χ1) is 31.9. The lowest BCUT2D eigenvalue weighted by Gasteiger charge is -2.51. The van der Waals surface area contributed by atoms with E-state index in [1.165, 1.54) is 55.4 Å². The summed E-state index contributed by atoms with van der Waals surface area (Å²) in [5.74, 6) is -2.49. The topological polar surface area (TPSA) is 170 Å². The number of carbonyl (C=O) groups excluding carboxylic acids is 2. The van der Waals surface area contributed by atoms with Crippen molar-refractivity contribution in [1.82, 2.24) is 0 Å². The summed E-state index contributed by atoms with van der Waals surface area (Å²) in [6.07, 6.45) is -31.0. The number of carbonyl (C=O) groups is 2. The van der Waals surface area contributed by atoms with Gasteiger partial charge in [-0.15, -0.1) is 0 Å². The highest BCUT2D eigenvalue weighted by Crippen LogP contribution is 2.49. The molecule has 440 valence electrons. The number of halogens is 15. The zero-order valence-corrected chi connectivity index (χ0v) is 44.7. The molecule has 3 atom stereocenters. The average molecular weight is 1120 g/mol. The first-order valence-corrected chi connectivity index (χ1v) is 22.4. The summed E-state index contributed by atoms with van der Waals surface area (Å²) in [6, 6.07) is 0. The molecule has 0 aromatic heterocycles. The molecule has 12 nitrogen and oxygen atoms in total. The van der Waals surface area contributed by atoms with E-state index < -0.39 is 130 Å². The molecule has 0 rings (SSSR count). The van der Waals surface area contributed by atoms with Crippen LogP contribution >= 0.6 is 0 Å². The summed E-state index contributed by atoms with van der Waals surface area (Å²) in [5.41, 5.74) is -24.1. The van der Waals surface area contributed by atoms with Crippen molar-refractivity contribution >= 4 is 11.9 Å². The van der Waals surface area contributed by atoms with Crippen LogP contribution in [0.3, 0.4) is 0 Å². The Morgan fingerprint density at radius 2 is 0.824 bits per heavy atom. The minimum atomic E-state index is -6.18. The number of esters is 2. The van der Waals surface area contributed by atoms with Gasteiger partial charge < -0.3 is 48.8 Å². The van der Waals surface area contributed by atoms with Gasteiger partial charge in [0.25, 0.3) is 11.2 Å². The Morgan fingerprint density at radius 3 is 1.16 bits per heavy atom. The molecular weight excluding hydrogens is 1040 g/mol. The molecule has 0 radical (unpaired) electrons. The number of hydrogen-bond donors (Lipinski definition) is 4. The van der Waals surface area contributed by atoms with Crippen LogP contribution in [-0.2, 0) is 38.0 Å². The molecule has 0 aliphatic rings. The summed E-state index contributed by atoms with van der Waals surface area (Å²) in [7, 11) is 0. The Balaban J connectivity index is 0. The predicted octanol–water partition coefficient (Wildman–Crippen LogP) is 11.0. The van der Waals surface area contributed by atoms with E-state index in [1.807, 2.05) is 0 Å². The summed E-state index contributed by atoms with van der Waals surface area (Å²) in [6.45, 7) is 23.1. The molecule has 0 aliphatic carbocycles. The number of ether oxygens (including phenoxy) is 6. The molecule has 0 spiro atoms. The molecular formula is C47H75F15O12. The van der Waals surface area contributed by atoms with Gasteiger partial charge in [-0.3, -0.25) is 0 Å². The average Bonchev–Trinajstić information content (AvgIpc) is 3.15. The third kappa shape index (κ3) is 20.4. The van der Waals surface area contributed by atoms with E-state index >= 15 is 0 Å². The molecule has 27 heteroatoms. The van der Waals surface area contributed by atoms with Crippen LogP contribution in [0.2, 0.25) is 0 Å². The Hall–Kier alpha value is -2.95. The van der Waals surface area contributed by atoms with E-state index in [9.17, 15) is 95.9 Å². The summed E-state index contributed by atoms with van der Waals surface area (Å²) in [5, 5.41) is 38.7. The lowest BCUT2D eigenvalue weighted by Crippen LogP contribution is -2.64. The maximum atomic E-state index is 13.2. The molecule has 0 amide bonds. The fraction of sp³-hybridized carbons (Fsp3) is 0.872. The Kier molecular flexibility index (Phi) is 23.7. The highest BCUT2D eigenvalue weighted by molar-refractivity contribution is 5.87. The van der Waals surface area contributed by atoms with E-state index in [1.54, 1.807) is 27.7 Å². The molecule has 74 heavy (non-hydrogen) atoms. The van der Waals surface area contributed by atoms with Crippen LogP contribution in [0.4, 0.5) is 65.9 Å². The SMILES string of the molecule is C=C(C)C(=O)OC(C(C)(C)OCC(C)(O)C(F)(F)F)C(C)(C)C(C)(C)OCC(O)(C(F)(F)F)C(F)(F)F.C=C(C)C(=O)OCC(C)(C)CC(CC(C)(C)OCC(C)(C)O)C(C)(C)OCC(O)(C(F)(F)F)C(F)(F)F. The third-order valence-electron chi connectivity index (χ3n) is 12.2. The summed E-state index contributed by atoms with van der Waals surface area (Å²) >= 11 is 0. The van der Waals surface area contributed by atoms with Crippen LogP contribution in [-0.4, -0.2) is 147 Å². The quantitative estimate of drug-likeness (QED) is 0.0388. The van der Waals surface area contributed by atoms with Gasteiger partial charge in [0.2, 0.25) is 0 Å². The largest absolute Gasteiger partial charge is 0.462 e. The first-order valence-electron chi connectivity index (χ1n) is 22.4. The highest BCUT2D eigenvalue weighted by atomic mass is 19.4. The fourth-order valence-electron chi connectivity index (χ4n) is 6.39. The molecule has 0 aromatic carbocycles. The third-order valence-corrected chi connectivity index (χ3v) is 12.2. The van der Waals surface area contributed by atoms with Crippen LogP contribution in [0.15, 0.2) is 24.3 Å². The van der Waals surface area contributed by atoms with E-state index in [0.717, 1.165) is 27.7 Å². The Labute approximate surface area is 422 Å². The highest BCUT2D eigenvalue weighted by Gasteiger charge is 2.72. The minimum Gasteiger partial charge on any atom is -0.462 e. The zero-order valence-electron chi connectivity index (χ0n) is 44.7. The standard InChI is InChI=1S/C25H42F6O6.C22H33F9O6/c1-16(2)18(32)35-13-19(3,4)11-17(12-21(7,8)36-14-20(5,6)33)22(9,10)37-15-23(34,24(26,27)28)25(29,30)31;1-12(2)13(32)37-14(16(5,6)35-10-18(9,33)20(23,24)25)15(3,4)17(7,8)36-11-19(34,21(26,27)28)22(29,30)31/h17,33-34H,1,11-15H2,2-10H3;14,33-34H,1,10-11H2,2-9H3. The summed E-state index contributed by atoms with van der Waals surface area (Å²) < 4.78 is 229. The molecule has 0 fully saturated rings. The molecule has 4 N–H and O–H groups in total. The lowest BCUT2D eigenvalue weighted by molar-refractivity contribution is -0.385. The monoisotopic (exact) mass is 1120 g/mol. The zero-order chi connectivity index (χ0) is 60.2. The maximum absolute atomic E-state index is 13.2. The van der Waals surface area contributed by atoms with Crippen molar-refractivity contribution in [2.24, 2.45) is 16.7 Å². The Bertz CT molecular complexity index is 1840. The predicted molar refractivity (Wildman–Crippen MR) is 238 cm³/mol. The normalized spacial score (nSPS) is 16.4. The van der Waals surface area contributed by atoms with E-state index in [2.05, 4.69) is 13.2 Å². The van der Waals surface area contributed by atoms with Crippen molar-refractivity contribution in [3.63, 3.8) is 0 Å². The Morgan fingerprint density at radius 1 is 0.459 bits per heavy atom. The molecule has 3 unspecified atom stereocenters. The van der Waals surface area contributed by atoms with Gasteiger partial charge in [0.15, 0.2) is 5.60 Å². The van der Waals surface area contributed by atoms with Gasteiger partial charge in [-0.2, -0.15) is 65.9 Å². The van der Waals surface area contributed by atoms with E-state index in [-0.39, 0.29) is 37.2 Å². The summed E-state index contributed by atoms with van der Waals surface area (Å²) in [4.78, 5) is 24.2. The van der Waals surface area contributed by atoms with Crippen LogP contribution < -0.4 is 0 Å². The second kappa shape index (κ2) is 24.0. The first kappa shape index (κ1) is 73.1. The van der Waals surface area contributed by atoms with Crippen molar-refractivity contribution in [1.29, 1.82) is 0 Å². The van der Waals surface area contributed by atoms with Crippen LogP contribution in [0.1, 0.15) is 131 Å². The number of alkyl halides is 15. The van der Waals surface area contributed by atoms with Gasteiger partial charge in [-0.1, -0.05) is 40.9 Å². The van der Waals surface area contributed by atoms with E-state index in [4.69, 9.17) is 28.4 Å². The second-order valence-corrected chi connectivity index (χ2v) is 22.8. The molecule has 0 bridgehead atoms. The van der Waals surface area contributed by atoms with Gasteiger partial charge in [0.05, 0.1) is 55.4 Å². The lowest BCUT2D eigenvalue weighted by atomic mass is 9.67. The van der Waals surface area contributed by atoms with Crippen LogP contribution in [0, 0.1) is 16.7 Å². The van der Waals surface area contributed by atoms with Gasteiger partial charge in [-0.25, -0.2) is 9.59 Å². The van der Waals surface area contributed by atoms with Crippen LogP contribution in [0.5, 0.6) is 0 Å². The molecule has 0 heterocycles. The fourth-order valence-corrected chi connectivity index (χ4v) is 6.39. The molecule has 0 aromatic rings.